The number of nitrogens with zero attached hydrogens (tertiary/aromatic N) is 2. The Labute approximate surface area is 146 Å². The van der Waals surface area contributed by atoms with Crippen LogP contribution in [0, 0.1) is 11.6 Å². The van der Waals surface area contributed by atoms with E-state index < -0.39 is 17.7 Å². The topological polar surface area (TPSA) is 23.6 Å². The molecule has 3 rings (SSSR count). The smallest absolute Gasteiger partial charge is 0.244 e. The number of carbonyl (C=O) groups excluding carboxylic acids is 1. The Morgan fingerprint density at radius 1 is 1.04 bits per heavy atom. The first-order valence-electron chi connectivity index (χ1n) is 8.58. The van der Waals surface area contributed by atoms with E-state index in [1.54, 1.807) is 11.8 Å². The number of piperazine rings is 1. The molecule has 5 heteroatoms. The number of halogens is 2. The molecule has 1 amide bonds. The van der Waals surface area contributed by atoms with Crippen LogP contribution < -0.4 is 4.90 Å². The van der Waals surface area contributed by atoms with Gasteiger partial charge in [0.25, 0.3) is 0 Å². The summed E-state index contributed by atoms with van der Waals surface area (Å²) in [6, 6.07) is 11.4. The predicted molar refractivity (Wildman–Crippen MR) is 94.4 cm³/mol. The van der Waals surface area contributed by atoms with Gasteiger partial charge in [0.15, 0.2) is 0 Å². The molecule has 0 N–H and O–H groups in total. The van der Waals surface area contributed by atoms with Gasteiger partial charge in [-0.2, -0.15) is 0 Å². The van der Waals surface area contributed by atoms with Gasteiger partial charge in [0.05, 0.1) is 6.04 Å². The summed E-state index contributed by atoms with van der Waals surface area (Å²) in [5.74, 6) is -1.19. The highest BCUT2D eigenvalue weighted by atomic mass is 19.1. The van der Waals surface area contributed by atoms with Crippen molar-refractivity contribution < 1.29 is 13.6 Å². The van der Waals surface area contributed by atoms with Gasteiger partial charge in [0.2, 0.25) is 5.91 Å². The van der Waals surface area contributed by atoms with Crippen LogP contribution in [0.5, 0.6) is 0 Å². The van der Waals surface area contributed by atoms with Gasteiger partial charge in [-0.1, -0.05) is 25.1 Å². The Morgan fingerprint density at radius 2 is 1.68 bits per heavy atom. The summed E-state index contributed by atoms with van der Waals surface area (Å²) in [4.78, 5) is 16.3. The Hall–Kier alpha value is -2.27. The molecule has 3 nitrogen and oxygen atoms in total. The van der Waals surface area contributed by atoms with Crippen LogP contribution in [0.1, 0.15) is 25.0 Å². The third-order valence-electron chi connectivity index (χ3n) is 4.86. The molecule has 0 bridgehead atoms. The predicted octanol–water partition coefficient (Wildman–Crippen LogP) is 3.76. The first kappa shape index (κ1) is 17.5. The molecule has 0 aliphatic carbocycles. The molecular weight excluding hydrogens is 322 g/mol. The molecule has 1 atom stereocenters. The monoisotopic (exact) mass is 344 g/mol. The lowest BCUT2D eigenvalue weighted by atomic mass is 10.1. The quantitative estimate of drug-likeness (QED) is 0.843. The minimum absolute atomic E-state index is 0.0166. The van der Waals surface area contributed by atoms with Crippen LogP contribution in [-0.2, 0) is 17.8 Å². The van der Waals surface area contributed by atoms with E-state index in [-0.39, 0.29) is 18.0 Å². The van der Waals surface area contributed by atoms with E-state index in [9.17, 15) is 13.6 Å². The van der Waals surface area contributed by atoms with Gasteiger partial charge < -0.3 is 4.90 Å². The van der Waals surface area contributed by atoms with Gasteiger partial charge in [-0.15, -0.1) is 0 Å². The number of amides is 1. The molecule has 0 unspecified atom stereocenters. The van der Waals surface area contributed by atoms with E-state index in [4.69, 9.17) is 0 Å². The van der Waals surface area contributed by atoms with E-state index in [1.807, 2.05) is 29.2 Å². The second-order valence-electron chi connectivity index (χ2n) is 6.36. The number of rotatable bonds is 4. The molecular formula is C20H22F2N2O. The molecule has 2 aromatic carbocycles. The Bertz CT molecular complexity index is 741. The largest absolute Gasteiger partial charge is 0.310 e. The maximum Gasteiger partial charge on any atom is 0.244 e. The molecule has 0 radical (unpaired) electrons. The normalized spacial score (nSPS) is 18.6. The molecule has 1 fully saturated rings. The summed E-state index contributed by atoms with van der Waals surface area (Å²) < 4.78 is 27.8. The zero-order chi connectivity index (χ0) is 18.0. The van der Waals surface area contributed by atoms with Crippen molar-refractivity contribution in [3.63, 3.8) is 0 Å². The second kappa shape index (κ2) is 7.31. The van der Waals surface area contributed by atoms with Gasteiger partial charge in [-0.05, 0) is 43.2 Å². The van der Waals surface area contributed by atoms with Gasteiger partial charge in [0.1, 0.15) is 11.6 Å². The van der Waals surface area contributed by atoms with Crippen molar-refractivity contribution in [2.24, 2.45) is 0 Å². The average molecular weight is 344 g/mol. The lowest BCUT2D eigenvalue weighted by molar-refractivity contribution is -0.125. The van der Waals surface area contributed by atoms with Crippen LogP contribution in [0.15, 0.2) is 42.5 Å². The fourth-order valence-corrected chi connectivity index (χ4v) is 3.18. The number of benzene rings is 2. The number of hydrogen-bond acceptors (Lipinski definition) is 2. The van der Waals surface area contributed by atoms with E-state index >= 15 is 0 Å². The third kappa shape index (κ3) is 3.56. The second-order valence-corrected chi connectivity index (χ2v) is 6.36. The third-order valence-corrected chi connectivity index (χ3v) is 4.86. The first-order valence-corrected chi connectivity index (χ1v) is 8.58. The van der Waals surface area contributed by atoms with Crippen LogP contribution in [0.3, 0.4) is 0 Å². The highest BCUT2D eigenvalue weighted by molar-refractivity contribution is 5.97. The Morgan fingerprint density at radius 3 is 2.28 bits per heavy atom. The van der Waals surface area contributed by atoms with Crippen LogP contribution in [0.25, 0.3) is 0 Å². The van der Waals surface area contributed by atoms with Crippen LogP contribution >= 0.6 is 0 Å². The number of carbonyl (C=O) groups is 1. The summed E-state index contributed by atoms with van der Waals surface area (Å²) in [5.41, 5.74) is 2.10. The zero-order valence-electron chi connectivity index (χ0n) is 14.5. The molecule has 2 aromatic rings. The minimum Gasteiger partial charge on any atom is -0.310 e. The summed E-state index contributed by atoms with van der Waals surface area (Å²) in [6.45, 7) is 5.03. The number of aryl methyl sites for hydroxylation is 1. The fraction of sp³-hybridized carbons (Fsp3) is 0.350. The van der Waals surface area contributed by atoms with Crippen molar-refractivity contribution >= 4 is 11.6 Å². The summed E-state index contributed by atoms with van der Waals surface area (Å²) in [5, 5.41) is 0. The molecule has 132 valence electrons. The number of anilines is 1. The highest BCUT2D eigenvalue weighted by Gasteiger charge is 2.33. The molecule has 1 saturated heterocycles. The summed E-state index contributed by atoms with van der Waals surface area (Å²) >= 11 is 0. The van der Waals surface area contributed by atoms with Crippen molar-refractivity contribution in [2.45, 2.75) is 32.9 Å². The maximum absolute atomic E-state index is 13.9. The lowest BCUT2D eigenvalue weighted by Gasteiger charge is -2.39. The van der Waals surface area contributed by atoms with Gasteiger partial charge in [-0.25, -0.2) is 8.78 Å². The fourth-order valence-electron chi connectivity index (χ4n) is 3.18. The van der Waals surface area contributed by atoms with Crippen LogP contribution in [-0.4, -0.2) is 29.9 Å². The number of hydrogen-bond donors (Lipinski definition) is 0. The van der Waals surface area contributed by atoms with E-state index in [2.05, 4.69) is 6.92 Å². The van der Waals surface area contributed by atoms with Crippen LogP contribution in [0.4, 0.5) is 14.5 Å². The van der Waals surface area contributed by atoms with E-state index in [0.29, 0.717) is 13.1 Å². The highest BCUT2D eigenvalue weighted by Crippen LogP contribution is 2.23. The van der Waals surface area contributed by atoms with Gasteiger partial charge in [-0.3, -0.25) is 9.69 Å². The molecule has 1 aliphatic rings. The zero-order valence-corrected chi connectivity index (χ0v) is 14.5. The standard InChI is InChI=1S/C20H22F2N2O/c1-3-15-7-9-16(10-8-15)24-12-11-23(14(2)20(24)25)13-17-18(21)5-4-6-19(17)22/h4-10,14H,3,11-13H2,1-2H3/t14-/m0/s1. The molecule has 25 heavy (non-hydrogen) atoms. The Balaban J connectivity index is 1.75. The lowest BCUT2D eigenvalue weighted by Crippen LogP contribution is -2.55. The van der Waals surface area contributed by atoms with E-state index in [1.165, 1.54) is 23.8 Å². The molecule has 0 saturated carbocycles. The van der Waals surface area contributed by atoms with Crippen molar-refractivity contribution in [1.82, 2.24) is 4.90 Å². The molecule has 0 spiro atoms. The first-order chi connectivity index (χ1) is 12.0. The van der Waals surface area contributed by atoms with Gasteiger partial charge >= 0.3 is 0 Å². The van der Waals surface area contributed by atoms with Crippen molar-refractivity contribution in [3.8, 4) is 0 Å². The summed E-state index contributed by atoms with van der Waals surface area (Å²) in [7, 11) is 0. The van der Waals surface area contributed by atoms with Gasteiger partial charge in [0, 0.05) is 30.9 Å². The molecule has 0 aromatic heterocycles. The van der Waals surface area contributed by atoms with E-state index in [0.717, 1.165) is 12.1 Å². The molecule has 1 heterocycles. The van der Waals surface area contributed by atoms with Crippen molar-refractivity contribution in [2.75, 3.05) is 18.0 Å². The van der Waals surface area contributed by atoms with Crippen molar-refractivity contribution in [1.29, 1.82) is 0 Å². The SMILES string of the molecule is CCc1ccc(N2CCN(Cc3c(F)cccc3F)[C@@H](C)C2=O)cc1. The maximum atomic E-state index is 13.9. The van der Waals surface area contributed by atoms with Crippen molar-refractivity contribution in [3.05, 3.63) is 65.2 Å². The minimum atomic E-state index is -0.572. The molecule has 1 aliphatic heterocycles. The van der Waals surface area contributed by atoms with Crippen LogP contribution in [0.2, 0.25) is 0 Å². The Kier molecular flexibility index (Phi) is 5.13. The summed E-state index contributed by atoms with van der Waals surface area (Å²) in [6.07, 6.45) is 0.951. The average Bonchev–Trinajstić information content (AvgIpc) is 2.62.